The first kappa shape index (κ1) is 16.1. The third-order valence-corrected chi connectivity index (χ3v) is 3.75. The van der Waals surface area contributed by atoms with Crippen molar-refractivity contribution >= 4 is 28.0 Å². The lowest BCUT2D eigenvalue weighted by molar-refractivity contribution is 0.155. The van der Waals surface area contributed by atoms with Crippen LogP contribution in [-0.2, 0) is 11.3 Å². The molecular formula is C18H14BrN3O2. The number of ether oxygens (including phenoxy) is 1. The van der Waals surface area contributed by atoms with Crippen LogP contribution in [-0.4, -0.2) is 16.1 Å². The Balaban J connectivity index is 1.64. The fourth-order valence-electron chi connectivity index (χ4n) is 2.05. The molecule has 0 bridgehead atoms. The first-order chi connectivity index (χ1) is 11.7. The Labute approximate surface area is 147 Å². The van der Waals surface area contributed by atoms with Crippen LogP contribution >= 0.6 is 15.9 Å². The van der Waals surface area contributed by atoms with E-state index in [2.05, 4.69) is 31.2 Å². The summed E-state index contributed by atoms with van der Waals surface area (Å²) in [7, 11) is 0. The number of anilines is 1. The number of amides is 1. The van der Waals surface area contributed by atoms with Crippen LogP contribution in [0.2, 0.25) is 0 Å². The summed E-state index contributed by atoms with van der Waals surface area (Å²) in [5.74, 6) is 0.202. The van der Waals surface area contributed by atoms with Crippen molar-refractivity contribution in [3.63, 3.8) is 0 Å². The van der Waals surface area contributed by atoms with Gasteiger partial charge in [-0.2, -0.15) is 0 Å². The van der Waals surface area contributed by atoms with Crippen LogP contribution in [0.1, 0.15) is 5.56 Å². The van der Waals surface area contributed by atoms with Gasteiger partial charge in [0.25, 0.3) is 0 Å². The Kier molecular flexibility index (Phi) is 5.18. The molecule has 2 aromatic carbocycles. The van der Waals surface area contributed by atoms with Crippen LogP contribution in [0.15, 0.2) is 71.3 Å². The summed E-state index contributed by atoms with van der Waals surface area (Å²) in [5.41, 5.74) is 2.56. The highest BCUT2D eigenvalue weighted by atomic mass is 79.9. The molecule has 0 saturated carbocycles. The molecule has 1 aromatic heterocycles. The second-order valence-corrected chi connectivity index (χ2v) is 5.87. The highest BCUT2D eigenvalue weighted by molar-refractivity contribution is 9.10. The molecule has 0 aliphatic heterocycles. The molecule has 1 amide bonds. The van der Waals surface area contributed by atoms with E-state index in [1.54, 1.807) is 12.3 Å². The molecular weight excluding hydrogens is 370 g/mol. The maximum atomic E-state index is 11.9. The number of aromatic nitrogens is 2. The Morgan fingerprint density at radius 1 is 1.04 bits per heavy atom. The number of carbonyl (C=O) groups is 1. The number of carbonyl (C=O) groups excluding carboxylic acids is 1. The van der Waals surface area contributed by atoms with Crippen LogP contribution in [0.25, 0.3) is 11.3 Å². The van der Waals surface area contributed by atoms with Crippen molar-refractivity contribution < 1.29 is 9.53 Å². The summed E-state index contributed by atoms with van der Waals surface area (Å²) < 4.78 is 6.15. The maximum absolute atomic E-state index is 11.9. The van der Waals surface area contributed by atoms with Crippen LogP contribution in [0.3, 0.4) is 0 Å². The van der Waals surface area contributed by atoms with Gasteiger partial charge < -0.3 is 4.74 Å². The molecule has 0 spiro atoms. The Hall–Kier alpha value is -2.73. The number of nitrogens with zero attached hydrogens (tertiary/aromatic N) is 2. The van der Waals surface area contributed by atoms with Crippen molar-refractivity contribution in [1.29, 1.82) is 0 Å². The lowest BCUT2D eigenvalue weighted by atomic mass is 10.1. The predicted octanol–water partition coefficient (Wildman–Crippen LogP) is 4.65. The normalized spacial score (nSPS) is 10.2. The van der Waals surface area contributed by atoms with Gasteiger partial charge in [0.2, 0.25) is 5.95 Å². The topological polar surface area (TPSA) is 64.1 Å². The molecule has 0 aliphatic rings. The molecule has 24 heavy (non-hydrogen) atoms. The molecule has 0 atom stereocenters. The fourth-order valence-corrected chi connectivity index (χ4v) is 2.32. The van der Waals surface area contributed by atoms with E-state index in [0.717, 1.165) is 21.3 Å². The number of benzene rings is 2. The maximum Gasteiger partial charge on any atom is 0.414 e. The average Bonchev–Trinajstić information content (AvgIpc) is 2.62. The lowest BCUT2D eigenvalue weighted by Gasteiger charge is -2.07. The van der Waals surface area contributed by atoms with Gasteiger partial charge in [0.15, 0.2) is 0 Å². The van der Waals surface area contributed by atoms with E-state index < -0.39 is 6.09 Å². The second kappa shape index (κ2) is 7.70. The molecule has 0 fully saturated rings. The minimum atomic E-state index is -0.591. The fraction of sp³-hybridized carbons (Fsp3) is 0.0556. The predicted molar refractivity (Wildman–Crippen MR) is 95.4 cm³/mol. The first-order valence-corrected chi connectivity index (χ1v) is 8.07. The van der Waals surface area contributed by atoms with Crippen molar-refractivity contribution in [3.8, 4) is 11.3 Å². The zero-order valence-corrected chi connectivity index (χ0v) is 14.2. The first-order valence-electron chi connectivity index (χ1n) is 7.27. The summed E-state index contributed by atoms with van der Waals surface area (Å²) in [5, 5.41) is 2.54. The molecule has 5 nitrogen and oxygen atoms in total. The lowest BCUT2D eigenvalue weighted by Crippen LogP contribution is -2.15. The zero-order valence-electron chi connectivity index (χ0n) is 12.6. The molecule has 120 valence electrons. The minimum Gasteiger partial charge on any atom is -0.444 e. The molecule has 1 N–H and O–H groups in total. The van der Waals surface area contributed by atoms with Crippen molar-refractivity contribution in [2.75, 3.05) is 5.32 Å². The summed E-state index contributed by atoms with van der Waals surface area (Å²) in [6.45, 7) is 0.194. The molecule has 0 unspecified atom stereocenters. The third kappa shape index (κ3) is 4.39. The quantitative estimate of drug-likeness (QED) is 0.711. The molecule has 1 heterocycles. The highest BCUT2D eigenvalue weighted by Gasteiger charge is 2.07. The summed E-state index contributed by atoms with van der Waals surface area (Å²) >= 11 is 3.40. The van der Waals surface area contributed by atoms with E-state index in [1.807, 2.05) is 54.6 Å². The summed E-state index contributed by atoms with van der Waals surface area (Å²) in [6, 6.07) is 19.0. The van der Waals surface area contributed by atoms with Gasteiger partial charge >= 0.3 is 6.09 Å². The molecule has 6 heteroatoms. The van der Waals surface area contributed by atoms with Crippen LogP contribution in [0.5, 0.6) is 0 Å². The van der Waals surface area contributed by atoms with Crippen molar-refractivity contribution in [2.45, 2.75) is 6.61 Å². The number of hydrogen-bond donors (Lipinski definition) is 1. The van der Waals surface area contributed by atoms with Crippen molar-refractivity contribution in [1.82, 2.24) is 9.97 Å². The van der Waals surface area contributed by atoms with E-state index in [1.165, 1.54) is 0 Å². The van der Waals surface area contributed by atoms with Gasteiger partial charge in [-0.25, -0.2) is 14.8 Å². The summed E-state index contributed by atoms with van der Waals surface area (Å²) in [4.78, 5) is 20.2. The number of nitrogens with one attached hydrogen (secondary N) is 1. The van der Waals surface area contributed by atoms with E-state index in [9.17, 15) is 4.79 Å². The Morgan fingerprint density at radius 2 is 1.79 bits per heavy atom. The molecule has 0 aliphatic carbocycles. The number of halogens is 1. The van der Waals surface area contributed by atoms with Gasteiger partial charge in [-0.15, -0.1) is 0 Å². The van der Waals surface area contributed by atoms with Gasteiger partial charge in [0.1, 0.15) is 6.61 Å². The SMILES string of the molecule is O=C(Nc1nccc(-c2ccc(Br)cc2)n1)OCc1ccccc1. The largest absolute Gasteiger partial charge is 0.444 e. The smallest absolute Gasteiger partial charge is 0.414 e. The monoisotopic (exact) mass is 383 g/mol. The third-order valence-electron chi connectivity index (χ3n) is 3.22. The van der Waals surface area contributed by atoms with Crippen molar-refractivity contribution in [2.24, 2.45) is 0 Å². The van der Waals surface area contributed by atoms with E-state index in [4.69, 9.17) is 4.74 Å². The molecule has 0 saturated heterocycles. The van der Waals surface area contributed by atoms with E-state index in [0.29, 0.717) is 0 Å². The van der Waals surface area contributed by atoms with E-state index in [-0.39, 0.29) is 12.6 Å². The van der Waals surface area contributed by atoms with Gasteiger partial charge in [-0.05, 0) is 23.8 Å². The number of hydrogen-bond acceptors (Lipinski definition) is 4. The standard InChI is InChI=1S/C18H14BrN3O2/c19-15-8-6-14(7-9-15)16-10-11-20-17(21-16)22-18(23)24-12-13-4-2-1-3-5-13/h1-11H,12H2,(H,20,21,22,23). The molecule has 3 rings (SSSR count). The van der Waals surface area contributed by atoms with E-state index >= 15 is 0 Å². The van der Waals surface area contributed by atoms with Crippen LogP contribution in [0.4, 0.5) is 10.7 Å². The molecule has 3 aromatic rings. The minimum absolute atomic E-state index is 0.194. The zero-order chi connectivity index (χ0) is 16.8. The Morgan fingerprint density at radius 3 is 2.54 bits per heavy atom. The number of rotatable bonds is 4. The highest BCUT2D eigenvalue weighted by Crippen LogP contribution is 2.20. The van der Waals surface area contributed by atoms with Crippen molar-refractivity contribution in [3.05, 3.63) is 76.9 Å². The molecule has 0 radical (unpaired) electrons. The summed E-state index contributed by atoms with van der Waals surface area (Å²) in [6.07, 6.45) is 1.00. The Bertz CT molecular complexity index is 823. The second-order valence-electron chi connectivity index (χ2n) is 4.96. The average molecular weight is 384 g/mol. The van der Waals surface area contributed by atoms with Gasteiger partial charge in [0.05, 0.1) is 5.69 Å². The van der Waals surface area contributed by atoms with Crippen LogP contribution < -0.4 is 5.32 Å². The van der Waals surface area contributed by atoms with Gasteiger partial charge in [0, 0.05) is 16.2 Å². The van der Waals surface area contributed by atoms with Crippen LogP contribution in [0, 0.1) is 0 Å². The van der Waals surface area contributed by atoms with Gasteiger partial charge in [-0.1, -0.05) is 58.4 Å². The van der Waals surface area contributed by atoms with Gasteiger partial charge in [-0.3, -0.25) is 5.32 Å².